The third-order valence-electron chi connectivity index (χ3n) is 2.49. The predicted octanol–water partition coefficient (Wildman–Crippen LogP) is 0.171. The molecule has 11 heavy (non-hydrogen) atoms. The third-order valence-corrected chi connectivity index (χ3v) is 2.49. The fraction of sp³-hybridized carbons (Fsp3) is 1.00. The maximum atomic E-state index is 9.65. The lowest BCUT2D eigenvalue weighted by molar-refractivity contribution is 0.0603. The summed E-state index contributed by atoms with van der Waals surface area (Å²) in [6, 6.07) is 0. The fourth-order valence-corrected chi connectivity index (χ4v) is 1.56. The summed E-state index contributed by atoms with van der Waals surface area (Å²) in [4.78, 5) is 0. The highest BCUT2D eigenvalue weighted by molar-refractivity contribution is 4.91. The van der Waals surface area contributed by atoms with E-state index in [1.54, 1.807) is 0 Å². The first-order chi connectivity index (χ1) is 5.33. The molecule has 2 fully saturated rings. The smallest absolute Gasteiger partial charge is 0.107 e. The van der Waals surface area contributed by atoms with Crippen LogP contribution in [0.4, 0.5) is 0 Å². The minimum absolute atomic E-state index is 0.101. The quantitative estimate of drug-likeness (QED) is 0.593. The molecule has 2 rings (SSSR count). The molecule has 0 aromatic carbocycles. The molecule has 2 heterocycles. The Balaban J connectivity index is 1.86. The topological polar surface area (TPSA) is 45.3 Å². The highest BCUT2D eigenvalue weighted by atomic mass is 16.6. The summed E-state index contributed by atoms with van der Waals surface area (Å²) in [6.45, 7) is 3.63. The molecule has 3 heteroatoms. The Hall–Kier alpha value is -0.120. The molecule has 1 N–H and O–H groups in total. The Labute approximate surface area is 66.3 Å². The largest absolute Gasteiger partial charge is 0.390 e. The van der Waals surface area contributed by atoms with Gasteiger partial charge in [-0.25, -0.2) is 0 Å². The van der Waals surface area contributed by atoms with E-state index in [2.05, 4.69) is 6.92 Å². The van der Waals surface area contributed by atoms with Crippen molar-refractivity contribution in [3.05, 3.63) is 0 Å². The van der Waals surface area contributed by atoms with Crippen molar-refractivity contribution in [2.24, 2.45) is 5.92 Å². The molecule has 0 saturated carbocycles. The molecule has 3 nitrogen and oxygen atoms in total. The number of aliphatic hydroxyl groups is 1. The van der Waals surface area contributed by atoms with E-state index in [0.717, 1.165) is 19.6 Å². The summed E-state index contributed by atoms with van der Waals surface area (Å²) >= 11 is 0. The lowest BCUT2D eigenvalue weighted by atomic mass is 9.94. The SMILES string of the molecule is CCC(C1CO1)C(O)C1CO1. The molecule has 4 unspecified atom stereocenters. The fourth-order valence-electron chi connectivity index (χ4n) is 1.56. The third kappa shape index (κ3) is 1.55. The molecule has 2 aliphatic rings. The van der Waals surface area contributed by atoms with Gasteiger partial charge in [0.2, 0.25) is 0 Å². The van der Waals surface area contributed by atoms with Crippen LogP contribution in [0.2, 0.25) is 0 Å². The van der Waals surface area contributed by atoms with Gasteiger partial charge in [-0.2, -0.15) is 0 Å². The van der Waals surface area contributed by atoms with Crippen LogP contribution in [0.25, 0.3) is 0 Å². The first-order valence-electron chi connectivity index (χ1n) is 4.24. The maximum Gasteiger partial charge on any atom is 0.107 e. The van der Waals surface area contributed by atoms with E-state index in [-0.39, 0.29) is 12.2 Å². The van der Waals surface area contributed by atoms with Gasteiger partial charge in [0.25, 0.3) is 0 Å². The minimum Gasteiger partial charge on any atom is -0.390 e. The van der Waals surface area contributed by atoms with Gasteiger partial charge in [-0.1, -0.05) is 6.92 Å². The Morgan fingerprint density at radius 2 is 1.91 bits per heavy atom. The Morgan fingerprint density at radius 3 is 2.27 bits per heavy atom. The summed E-state index contributed by atoms with van der Waals surface area (Å²) in [5, 5.41) is 9.65. The van der Waals surface area contributed by atoms with Gasteiger partial charge in [0.05, 0.1) is 25.4 Å². The summed E-state index contributed by atoms with van der Waals surface area (Å²) < 4.78 is 10.2. The molecule has 0 bridgehead atoms. The minimum atomic E-state index is -0.299. The van der Waals surface area contributed by atoms with Crippen LogP contribution in [-0.4, -0.2) is 36.6 Å². The van der Waals surface area contributed by atoms with Crippen molar-refractivity contribution in [3.8, 4) is 0 Å². The molecule has 0 spiro atoms. The average Bonchev–Trinajstić information content (AvgIpc) is 2.86. The van der Waals surface area contributed by atoms with Gasteiger partial charge >= 0.3 is 0 Å². The van der Waals surface area contributed by atoms with Gasteiger partial charge in [-0.15, -0.1) is 0 Å². The average molecular weight is 158 g/mol. The van der Waals surface area contributed by atoms with Crippen molar-refractivity contribution in [2.45, 2.75) is 31.7 Å². The van der Waals surface area contributed by atoms with Crippen molar-refractivity contribution in [1.29, 1.82) is 0 Å². The highest BCUT2D eigenvalue weighted by Gasteiger charge is 2.43. The van der Waals surface area contributed by atoms with Gasteiger partial charge in [-0.05, 0) is 6.42 Å². The van der Waals surface area contributed by atoms with Gasteiger partial charge in [0, 0.05) is 5.92 Å². The first-order valence-corrected chi connectivity index (χ1v) is 4.24. The van der Waals surface area contributed by atoms with Crippen LogP contribution in [0.15, 0.2) is 0 Å². The molecule has 4 atom stereocenters. The summed E-state index contributed by atoms with van der Waals surface area (Å²) in [5.74, 6) is 0.294. The van der Waals surface area contributed by atoms with Crippen molar-refractivity contribution < 1.29 is 14.6 Å². The Morgan fingerprint density at radius 1 is 1.36 bits per heavy atom. The number of rotatable bonds is 4. The van der Waals surface area contributed by atoms with Crippen LogP contribution in [0.5, 0.6) is 0 Å². The Kier molecular flexibility index (Phi) is 1.87. The lowest BCUT2D eigenvalue weighted by Gasteiger charge is -2.16. The monoisotopic (exact) mass is 158 g/mol. The highest BCUT2D eigenvalue weighted by Crippen LogP contribution is 2.31. The van der Waals surface area contributed by atoms with E-state index in [1.807, 2.05) is 0 Å². The standard InChI is InChI=1S/C8H14O3/c1-2-5(6-3-10-6)8(9)7-4-11-7/h5-9H,2-4H2,1H3. The number of epoxide rings is 2. The molecule has 64 valence electrons. The van der Waals surface area contributed by atoms with Crippen LogP contribution in [0.1, 0.15) is 13.3 Å². The molecular weight excluding hydrogens is 144 g/mol. The van der Waals surface area contributed by atoms with E-state index in [1.165, 1.54) is 0 Å². The van der Waals surface area contributed by atoms with Gasteiger partial charge < -0.3 is 14.6 Å². The van der Waals surface area contributed by atoms with Crippen molar-refractivity contribution in [3.63, 3.8) is 0 Å². The van der Waals surface area contributed by atoms with E-state index < -0.39 is 0 Å². The van der Waals surface area contributed by atoms with Crippen molar-refractivity contribution in [2.75, 3.05) is 13.2 Å². The summed E-state index contributed by atoms with van der Waals surface area (Å²) in [6.07, 6.45) is 1.09. The second-order valence-corrected chi connectivity index (χ2v) is 3.31. The zero-order valence-electron chi connectivity index (χ0n) is 6.69. The number of hydrogen-bond acceptors (Lipinski definition) is 3. The zero-order valence-corrected chi connectivity index (χ0v) is 6.69. The summed E-state index contributed by atoms with van der Waals surface area (Å²) in [5.41, 5.74) is 0. The van der Waals surface area contributed by atoms with Crippen LogP contribution in [-0.2, 0) is 9.47 Å². The van der Waals surface area contributed by atoms with Gasteiger partial charge in [0.1, 0.15) is 6.10 Å². The number of ether oxygens (including phenoxy) is 2. The van der Waals surface area contributed by atoms with E-state index in [9.17, 15) is 5.11 Å². The van der Waals surface area contributed by atoms with E-state index in [0.29, 0.717) is 12.0 Å². The first kappa shape index (κ1) is 7.53. The van der Waals surface area contributed by atoms with Crippen molar-refractivity contribution in [1.82, 2.24) is 0 Å². The molecule has 2 aliphatic heterocycles. The number of aliphatic hydroxyl groups excluding tert-OH is 1. The number of hydrogen-bond donors (Lipinski definition) is 1. The van der Waals surface area contributed by atoms with Crippen LogP contribution in [0, 0.1) is 5.92 Å². The lowest BCUT2D eigenvalue weighted by Crippen LogP contribution is -2.29. The second kappa shape index (κ2) is 2.73. The van der Waals surface area contributed by atoms with E-state index >= 15 is 0 Å². The Bertz CT molecular complexity index is 140. The molecule has 0 aromatic rings. The second-order valence-electron chi connectivity index (χ2n) is 3.31. The molecule has 0 aliphatic carbocycles. The molecule has 0 radical (unpaired) electrons. The molecule has 0 aromatic heterocycles. The summed E-state index contributed by atoms with van der Waals surface area (Å²) in [7, 11) is 0. The van der Waals surface area contributed by atoms with Crippen LogP contribution < -0.4 is 0 Å². The molecule has 0 amide bonds. The zero-order chi connectivity index (χ0) is 7.84. The normalized spacial score (nSPS) is 39.8. The van der Waals surface area contributed by atoms with Crippen LogP contribution >= 0.6 is 0 Å². The van der Waals surface area contributed by atoms with E-state index in [4.69, 9.17) is 9.47 Å². The van der Waals surface area contributed by atoms with Gasteiger partial charge in [-0.3, -0.25) is 0 Å². The van der Waals surface area contributed by atoms with Crippen molar-refractivity contribution >= 4 is 0 Å². The molecule has 2 saturated heterocycles. The predicted molar refractivity (Wildman–Crippen MR) is 39.3 cm³/mol. The van der Waals surface area contributed by atoms with Gasteiger partial charge in [0.15, 0.2) is 0 Å². The molecular formula is C8H14O3. The maximum absolute atomic E-state index is 9.65. The van der Waals surface area contributed by atoms with Crippen LogP contribution in [0.3, 0.4) is 0 Å².